The first-order valence-electron chi connectivity index (χ1n) is 6.38. The first-order valence-corrected chi connectivity index (χ1v) is 8.58. The molecule has 112 valence electrons. The summed E-state index contributed by atoms with van der Waals surface area (Å²) in [7, 11) is -3.70. The van der Waals surface area contributed by atoms with E-state index in [0.717, 1.165) is 12.8 Å². The fourth-order valence-electron chi connectivity index (χ4n) is 2.53. The van der Waals surface area contributed by atoms with Gasteiger partial charge in [-0.25, -0.2) is 8.42 Å². The molecular formula is C13H18Cl2N2O2S. The molecule has 1 aliphatic heterocycles. The molecule has 1 aromatic rings. The Labute approximate surface area is 129 Å². The molecule has 1 heterocycles. The molecule has 2 rings (SSSR count). The molecular weight excluding hydrogens is 319 g/mol. The smallest absolute Gasteiger partial charge is 0.246 e. The van der Waals surface area contributed by atoms with E-state index in [1.807, 2.05) is 0 Å². The zero-order chi connectivity index (χ0) is 15.1. The minimum atomic E-state index is -3.70. The maximum absolute atomic E-state index is 12.7. The number of hydrogen-bond donors (Lipinski definition) is 1. The van der Waals surface area contributed by atoms with Gasteiger partial charge in [0, 0.05) is 18.8 Å². The van der Waals surface area contributed by atoms with Gasteiger partial charge in [0.15, 0.2) is 0 Å². The van der Waals surface area contributed by atoms with Crippen molar-refractivity contribution in [3.63, 3.8) is 0 Å². The maximum Gasteiger partial charge on any atom is 0.246 e. The second kappa shape index (κ2) is 5.37. The van der Waals surface area contributed by atoms with Gasteiger partial charge in [-0.2, -0.15) is 4.31 Å². The Kier molecular flexibility index (Phi) is 4.27. The lowest BCUT2D eigenvalue weighted by Gasteiger charge is -2.37. The number of rotatable bonds is 2. The van der Waals surface area contributed by atoms with Crippen LogP contribution in [0.4, 0.5) is 5.69 Å². The lowest BCUT2D eigenvalue weighted by molar-refractivity contribution is 0.187. The quantitative estimate of drug-likeness (QED) is 0.842. The summed E-state index contributed by atoms with van der Waals surface area (Å²) in [6, 6.07) is 2.82. The Hall–Kier alpha value is -0.490. The third-order valence-corrected chi connectivity index (χ3v) is 6.25. The van der Waals surface area contributed by atoms with Gasteiger partial charge in [0.1, 0.15) is 4.90 Å². The highest BCUT2D eigenvalue weighted by molar-refractivity contribution is 7.89. The van der Waals surface area contributed by atoms with Crippen LogP contribution < -0.4 is 5.73 Å². The highest BCUT2D eigenvalue weighted by Crippen LogP contribution is 2.37. The SMILES string of the molecule is CC1(C)CCCN(S(=O)(=O)c2c(Cl)cc(N)cc2Cl)C1. The molecule has 7 heteroatoms. The molecule has 0 aliphatic carbocycles. The van der Waals surface area contributed by atoms with Crippen molar-refractivity contribution in [2.75, 3.05) is 18.8 Å². The van der Waals surface area contributed by atoms with Crippen LogP contribution >= 0.6 is 23.2 Å². The Morgan fingerprint density at radius 1 is 1.25 bits per heavy atom. The number of anilines is 1. The van der Waals surface area contributed by atoms with E-state index in [1.54, 1.807) is 0 Å². The summed E-state index contributed by atoms with van der Waals surface area (Å²) in [5.41, 5.74) is 5.92. The monoisotopic (exact) mass is 336 g/mol. The number of nitrogens with zero attached hydrogens (tertiary/aromatic N) is 1. The number of piperidine rings is 1. The maximum atomic E-state index is 12.7. The third kappa shape index (κ3) is 3.06. The van der Waals surface area contributed by atoms with Gasteiger partial charge in [-0.05, 0) is 30.4 Å². The molecule has 0 spiro atoms. The zero-order valence-electron chi connectivity index (χ0n) is 11.5. The van der Waals surface area contributed by atoms with E-state index in [2.05, 4.69) is 13.8 Å². The molecule has 0 saturated carbocycles. The molecule has 1 saturated heterocycles. The van der Waals surface area contributed by atoms with E-state index in [4.69, 9.17) is 28.9 Å². The van der Waals surface area contributed by atoms with Gasteiger partial charge in [-0.3, -0.25) is 0 Å². The van der Waals surface area contributed by atoms with Crippen molar-refractivity contribution in [3.8, 4) is 0 Å². The molecule has 1 aliphatic rings. The topological polar surface area (TPSA) is 63.4 Å². The van der Waals surface area contributed by atoms with Crippen LogP contribution in [0, 0.1) is 5.41 Å². The van der Waals surface area contributed by atoms with Crippen molar-refractivity contribution < 1.29 is 8.42 Å². The number of halogens is 2. The van der Waals surface area contributed by atoms with Crippen molar-refractivity contribution in [1.29, 1.82) is 0 Å². The lowest BCUT2D eigenvalue weighted by atomic mass is 9.85. The van der Waals surface area contributed by atoms with E-state index < -0.39 is 10.0 Å². The van der Waals surface area contributed by atoms with Crippen LogP contribution in [0.15, 0.2) is 17.0 Å². The van der Waals surface area contributed by atoms with Gasteiger partial charge in [0.2, 0.25) is 10.0 Å². The van der Waals surface area contributed by atoms with Crippen LogP contribution in [0.1, 0.15) is 26.7 Å². The van der Waals surface area contributed by atoms with Crippen LogP contribution in [-0.2, 0) is 10.0 Å². The highest BCUT2D eigenvalue weighted by atomic mass is 35.5. The fraction of sp³-hybridized carbons (Fsp3) is 0.538. The Bertz CT molecular complexity index is 606. The molecule has 0 radical (unpaired) electrons. The van der Waals surface area contributed by atoms with Crippen LogP contribution in [0.25, 0.3) is 0 Å². The lowest BCUT2D eigenvalue weighted by Crippen LogP contribution is -2.43. The van der Waals surface area contributed by atoms with E-state index in [1.165, 1.54) is 16.4 Å². The molecule has 1 aromatic carbocycles. The first-order chi connectivity index (χ1) is 9.13. The van der Waals surface area contributed by atoms with Gasteiger partial charge in [0.25, 0.3) is 0 Å². The molecule has 0 unspecified atom stereocenters. The van der Waals surface area contributed by atoms with Crippen molar-refractivity contribution in [1.82, 2.24) is 4.31 Å². The summed E-state index contributed by atoms with van der Waals surface area (Å²) >= 11 is 12.1. The molecule has 20 heavy (non-hydrogen) atoms. The normalized spacial score (nSPS) is 20.0. The summed E-state index contributed by atoms with van der Waals surface area (Å²) in [6.07, 6.45) is 1.83. The Morgan fingerprint density at radius 3 is 2.30 bits per heavy atom. The molecule has 1 fully saturated rings. The summed E-state index contributed by atoms with van der Waals surface area (Å²) < 4.78 is 26.9. The van der Waals surface area contributed by atoms with Gasteiger partial charge in [0.05, 0.1) is 10.0 Å². The van der Waals surface area contributed by atoms with Crippen molar-refractivity contribution in [3.05, 3.63) is 22.2 Å². The third-order valence-electron chi connectivity index (χ3n) is 3.48. The molecule has 0 aromatic heterocycles. The standard InChI is InChI=1S/C13H18Cl2N2O2S/c1-13(2)4-3-5-17(8-13)20(18,19)12-10(14)6-9(16)7-11(12)15/h6-7H,3-5,8,16H2,1-2H3. The average Bonchev–Trinajstić information content (AvgIpc) is 2.25. The van der Waals surface area contributed by atoms with E-state index >= 15 is 0 Å². The highest BCUT2D eigenvalue weighted by Gasteiger charge is 2.36. The van der Waals surface area contributed by atoms with Crippen LogP contribution in [-0.4, -0.2) is 25.8 Å². The second-order valence-corrected chi connectivity index (χ2v) is 8.61. The van der Waals surface area contributed by atoms with Gasteiger partial charge in [-0.1, -0.05) is 37.0 Å². The summed E-state index contributed by atoms with van der Waals surface area (Å²) in [5.74, 6) is 0. The first kappa shape index (κ1) is 15.9. The minimum Gasteiger partial charge on any atom is -0.399 e. The van der Waals surface area contributed by atoms with Crippen LogP contribution in [0.2, 0.25) is 10.0 Å². The molecule has 0 amide bonds. The van der Waals surface area contributed by atoms with Crippen molar-refractivity contribution >= 4 is 38.9 Å². The minimum absolute atomic E-state index is 0.0436. The average molecular weight is 337 g/mol. The molecule has 2 N–H and O–H groups in total. The second-order valence-electron chi connectivity index (χ2n) is 5.92. The number of hydrogen-bond acceptors (Lipinski definition) is 3. The van der Waals surface area contributed by atoms with E-state index in [0.29, 0.717) is 18.8 Å². The Morgan fingerprint density at radius 2 is 1.80 bits per heavy atom. The zero-order valence-corrected chi connectivity index (χ0v) is 13.8. The van der Waals surface area contributed by atoms with Crippen molar-refractivity contribution in [2.45, 2.75) is 31.6 Å². The predicted molar refractivity (Wildman–Crippen MR) is 82.6 cm³/mol. The summed E-state index contributed by atoms with van der Waals surface area (Å²) in [4.78, 5) is -0.0484. The van der Waals surface area contributed by atoms with Gasteiger partial charge in [-0.15, -0.1) is 0 Å². The van der Waals surface area contributed by atoms with E-state index in [9.17, 15) is 8.42 Å². The number of sulfonamides is 1. The fourth-order valence-corrected chi connectivity index (χ4v) is 5.38. The van der Waals surface area contributed by atoms with Gasteiger partial charge >= 0.3 is 0 Å². The molecule has 0 atom stereocenters. The van der Waals surface area contributed by atoms with Crippen LogP contribution in [0.5, 0.6) is 0 Å². The summed E-state index contributed by atoms with van der Waals surface area (Å²) in [6.45, 7) is 5.07. The number of nitrogen functional groups attached to an aromatic ring is 1. The summed E-state index contributed by atoms with van der Waals surface area (Å²) in [5, 5.41) is 0.136. The largest absolute Gasteiger partial charge is 0.399 e. The molecule has 4 nitrogen and oxygen atoms in total. The van der Waals surface area contributed by atoms with E-state index in [-0.39, 0.29) is 20.4 Å². The number of nitrogens with two attached hydrogens (primary N) is 1. The molecule has 0 bridgehead atoms. The number of benzene rings is 1. The predicted octanol–water partition coefficient (Wildman–Crippen LogP) is 3.39. The Balaban J connectivity index is 2.46. The van der Waals surface area contributed by atoms with Crippen molar-refractivity contribution in [2.24, 2.45) is 5.41 Å². The van der Waals surface area contributed by atoms with Crippen LogP contribution in [0.3, 0.4) is 0 Å². The van der Waals surface area contributed by atoms with Gasteiger partial charge < -0.3 is 5.73 Å².